The van der Waals surface area contributed by atoms with Gasteiger partial charge in [-0.2, -0.15) is 0 Å². The van der Waals surface area contributed by atoms with Gasteiger partial charge in [0.05, 0.1) is 0 Å². The number of amides is 2. The molecule has 0 saturated carbocycles. The second kappa shape index (κ2) is 5.11. The molecule has 1 fully saturated rings. The fourth-order valence-corrected chi connectivity index (χ4v) is 1.90. The fourth-order valence-electron chi connectivity index (χ4n) is 1.90. The van der Waals surface area contributed by atoms with Gasteiger partial charge in [-0.3, -0.25) is 14.5 Å². The Morgan fingerprint density at radius 3 is 2.20 bits per heavy atom. The molecule has 0 radical (unpaired) electrons. The maximum Gasteiger partial charge on any atom is 0.219 e. The molecule has 5 nitrogen and oxygen atoms in total. The Hall–Kier alpha value is -1.10. The molecule has 0 aliphatic carbocycles. The van der Waals surface area contributed by atoms with Crippen LogP contribution in [-0.4, -0.2) is 53.8 Å². The molecule has 0 spiro atoms. The van der Waals surface area contributed by atoms with Crippen molar-refractivity contribution in [1.29, 1.82) is 0 Å². The Morgan fingerprint density at radius 1 is 1.27 bits per heavy atom. The number of nitrogens with zero attached hydrogens (tertiary/aromatic N) is 2. The number of carbonyl (C=O) groups excluding carboxylic acids is 2. The molecule has 1 rings (SSSR count). The van der Waals surface area contributed by atoms with E-state index in [1.807, 2.05) is 11.8 Å². The molecule has 0 aromatic rings. The second-order valence-electron chi connectivity index (χ2n) is 4.06. The van der Waals surface area contributed by atoms with Gasteiger partial charge in [0.15, 0.2) is 0 Å². The van der Waals surface area contributed by atoms with Crippen molar-refractivity contribution in [2.24, 2.45) is 5.73 Å². The molecule has 1 unspecified atom stereocenters. The predicted octanol–water partition coefficient (Wildman–Crippen LogP) is -0.586. The summed E-state index contributed by atoms with van der Waals surface area (Å²) in [5.41, 5.74) is 5.15. The van der Waals surface area contributed by atoms with Gasteiger partial charge in [-0.15, -0.1) is 0 Å². The van der Waals surface area contributed by atoms with Crippen LogP contribution in [0.1, 0.15) is 20.3 Å². The Morgan fingerprint density at radius 2 is 1.80 bits per heavy atom. The van der Waals surface area contributed by atoms with Crippen molar-refractivity contribution < 1.29 is 9.59 Å². The van der Waals surface area contributed by atoms with Gasteiger partial charge in [0.25, 0.3) is 0 Å². The van der Waals surface area contributed by atoms with Crippen molar-refractivity contribution >= 4 is 11.8 Å². The van der Waals surface area contributed by atoms with Crippen LogP contribution in [0.4, 0.5) is 0 Å². The van der Waals surface area contributed by atoms with E-state index in [1.54, 1.807) is 6.92 Å². The molecule has 5 heteroatoms. The SMILES string of the molecule is CC(=O)N1CCN(C(C)CC(N)=O)CC1. The molecular formula is C10H19N3O2. The fraction of sp³-hybridized carbons (Fsp3) is 0.800. The molecule has 1 aliphatic rings. The van der Waals surface area contributed by atoms with Gasteiger partial charge in [0.2, 0.25) is 11.8 Å². The Balaban J connectivity index is 2.36. The van der Waals surface area contributed by atoms with Gasteiger partial charge < -0.3 is 10.6 Å². The number of hydrogen-bond acceptors (Lipinski definition) is 3. The maximum absolute atomic E-state index is 11.1. The summed E-state index contributed by atoms with van der Waals surface area (Å²) in [6.45, 7) is 6.73. The standard InChI is InChI=1S/C10H19N3O2/c1-8(7-10(11)15)12-3-5-13(6-4-12)9(2)14/h8H,3-7H2,1-2H3,(H2,11,15). The summed E-state index contributed by atoms with van der Waals surface area (Å²) in [5.74, 6) is -0.145. The van der Waals surface area contributed by atoms with E-state index in [0.717, 1.165) is 26.2 Å². The minimum absolute atomic E-state index is 0.122. The van der Waals surface area contributed by atoms with E-state index in [-0.39, 0.29) is 17.9 Å². The quantitative estimate of drug-likeness (QED) is 0.681. The Labute approximate surface area is 90.2 Å². The summed E-state index contributed by atoms with van der Waals surface area (Å²) >= 11 is 0. The van der Waals surface area contributed by atoms with Gasteiger partial charge in [-0.25, -0.2) is 0 Å². The monoisotopic (exact) mass is 213 g/mol. The lowest BCUT2D eigenvalue weighted by molar-refractivity contribution is -0.131. The van der Waals surface area contributed by atoms with Crippen LogP contribution < -0.4 is 5.73 Å². The molecule has 1 aliphatic heterocycles. The zero-order valence-electron chi connectivity index (χ0n) is 9.40. The third-order valence-electron chi connectivity index (χ3n) is 2.88. The molecule has 86 valence electrons. The first kappa shape index (κ1) is 12.0. The number of carbonyl (C=O) groups is 2. The zero-order chi connectivity index (χ0) is 11.4. The van der Waals surface area contributed by atoms with Gasteiger partial charge in [-0.05, 0) is 6.92 Å². The smallest absolute Gasteiger partial charge is 0.219 e. The number of nitrogens with two attached hydrogens (primary N) is 1. The van der Waals surface area contributed by atoms with Crippen LogP contribution in [-0.2, 0) is 9.59 Å². The maximum atomic E-state index is 11.1. The van der Waals surface area contributed by atoms with E-state index in [1.165, 1.54) is 0 Å². The van der Waals surface area contributed by atoms with Crippen molar-refractivity contribution in [3.63, 3.8) is 0 Å². The largest absolute Gasteiger partial charge is 0.370 e. The van der Waals surface area contributed by atoms with Crippen molar-refractivity contribution in [3.05, 3.63) is 0 Å². The van der Waals surface area contributed by atoms with Crippen LogP contribution in [0.3, 0.4) is 0 Å². The molecular weight excluding hydrogens is 194 g/mol. The molecule has 2 amide bonds. The zero-order valence-corrected chi connectivity index (χ0v) is 9.40. The van der Waals surface area contributed by atoms with Crippen LogP contribution in [0.25, 0.3) is 0 Å². The molecule has 0 aromatic carbocycles. The predicted molar refractivity (Wildman–Crippen MR) is 57.1 cm³/mol. The van der Waals surface area contributed by atoms with E-state index in [0.29, 0.717) is 6.42 Å². The second-order valence-corrected chi connectivity index (χ2v) is 4.06. The molecule has 0 aromatic heterocycles. The summed E-state index contributed by atoms with van der Waals surface area (Å²) in [4.78, 5) is 25.9. The molecule has 1 saturated heterocycles. The van der Waals surface area contributed by atoms with E-state index >= 15 is 0 Å². The van der Waals surface area contributed by atoms with Crippen LogP contribution in [0.15, 0.2) is 0 Å². The summed E-state index contributed by atoms with van der Waals surface area (Å²) in [5, 5.41) is 0. The molecule has 15 heavy (non-hydrogen) atoms. The third kappa shape index (κ3) is 3.51. The van der Waals surface area contributed by atoms with Gasteiger partial charge >= 0.3 is 0 Å². The van der Waals surface area contributed by atoms with E-state index in [4.69, 9.17) is 5.73 Å². The summed E-state index contributed by atoms with van der Waals surface area (Å²) in [7, 11) is 0. The van der Waals surface area contributed by atoms with Gasteiger partial charge in [-0.1, -0.05) is 0 Å². The van der Waals surface area contributed by atoms with Gasteiger partial charge in [0.1, 0.15) is 0 Å². The summed E-state index contributed by atoms with van der Waals surface area (Å²) < 4.78 is 0. The first-order valence-corrected chi connectivity index (χ1v) is 5.28. The summed E-state index contributed by atoms with van der Waals surface area (Å²) in [6, 6.07) is 0.177. The van der Waals surface area contributed by atoms with Gasteiger partial charge in [0, 0.05) is 45.6 Å². The van der Waals surface area contributed by atoms with Crippen molar-refractivity contribution in [3.8, 4) is 0 Å². The van der Waals surface area contributed by atoms with Crippen molar-refractivity contribution in [2.75, 3.05) is 26.2 Å². The lowest BCUT2D eigenvalue weighted by Crippen LogP contribution is -2.51. The van der Waals surface area contributed by atoms with Crippen LogP contribution in [0, 0.1) is 0 Å². The minimum atomic E-state index is -0.267. The van der Waals surface area contributed by atoms with E-state index < -0.39 is 0 Å². The molecule has 1 atom stereocenters. The Kier molecular flexibility index (Phi) is 4.08. The minimum Gasteiger partial charge on any atom is -0.370 e. The van der Waals surface area contributed by atoms with E-state index in [2.05, 4.69) is 4.90 Å². The first-order valence-electron chi connectivity index (χ1n) is 5.28. The van der Waals surface area contributed by atoms with Crippen LogP contribution >= 0.6 is 0 Å². The van der Waals surface area contributed by atoms with Crippen LogP contribution in [0.2, 0.25) is 0 Å². The highest BCUT2D eigenvalue weighted by Crippen LogP contribution is 2.08. The van der Waals surface area contributed by atoms with Crippen LogP contribution in [0.5, 0.6) is 0 Å². The number of hydrogen-bond donors (Lipinski definition) is 1. The summed E-state index contributed by atoms with van der Waals surface area (Å²) in [6.07, 6.45) is 0.389. The highest BCUT2D eigenvalue weighted by atomic mass is 16.2. The first-order chi connectivity index (χ1) is 7.00. The number of primary amides is 1. The average Bonchev–Trinajstić information content (AvgIpc) is 2.17. The third-order valence-corrected chi connectivity index (χ3v) is 2.88. The number of rotatable bonds is 3. The van der Waals surface area contributed by atoms with Crippen molar-refractivity contribution in [1.82, 2.24) is 9.80 Å². The highest BCUT2D eigenvalue weighted by Gasteiger charge is 2.22. The Bertz CT molecular complexity index is 247. The highest BCUT2D eigenvalue weighted by molar-refractivity contribution is 5.74. The molecule has 1 heterocycles. The molecule has 2 N–H and O–H groups in total. The number of piperazine rings is 1. The topological polar surface area (TPSA) is 66.6 Å². The lowest BCUT2D eigenvalue weighted by atomic mass is 10.1. The normalized spacial score (nSPS) is 20.0. The average molecular weight is 213 g/mol. The molecule has 0 bridgehead atoms. The lowest BCUT2D eigenvalue weighted by Gasteiger charge is -2.37. The van der Waals surface area contributed by atoms with E-state index in [9.17, 15) is 9.59 Å². The van der Waals surface area contributed by atoms with Crippen molar-refractivity contribution in [2.45, 2.75) is 26.3 Å².